The van der Waals surface area contributed by atoms with Gasteiger partial charge < -0.3 is 0 Å². The molecular formula is C11H12BrCl2NO2S. The Morgan fingerprint density at radius 2 is 1.78 bits per heavy atom. The fourth-order valence-corrected chi connectivity index (χ4v) is 5.26. The smallest absolute Gasteiger partial charge is 0.208 e. The van der Waals surface area contributed by atoms with Crippen LogP contribution in [0, 0.1) is 5.92 Å². The zero-order chi connectivity index (χ0) is 13.5. The molecule has 0 spiro atoms. The van der Waals surface area contributed by atoms with E-state index in [1.165, 1.54) is 12.1 Å². The van der Waals surface area contributed by atoms with Gasteiger partial charge in [0, 0.05) is 10.5 Å². The first-order valence-corrected chi connectivity index (χ1v) is 8.49. The summed E-state index contributed by atoms with van der Waals surface area (Å²) in [5.74, 6) is 0.563. The molecule has 0 heterocycles. The zero-order valence-electron chi connectivity index (χ0n) is 9.58. The van der Waals surface area contributed by atoms with E-state index in [9.17, 15) is 8.42 Å². The zero-order valence-corrected chi connectivity index (χ0v) is 13.5. The van der Waals surface area contributed by atoms with Crippen LogP contribution in [0.1, 0.15) is 19.8 Å². The standard InChI is InChI=1S/C11H12BrCl2NO2S/c1-6-2-8(3-6)15-18(16,17)11-9(13)4-7(12)5-10(11)14/h4-6,8,15H,2-3H2,1H3. The Morgan fingerprint density at radius 1 is 1.28 bits per heavy atom. The van der Waals surface area contributed by atoms with Crippen LogP contribution in [0.5, 0.6) is 0 Å². The molecule has 2 rings (SSSR count). The molecule has 7 heteroatoms. The van der Waals surface area contributed by atoms with Crippen molar-refractivity contribution >= 4 is 49.2 Å². The molecule has 1 N–H and O–H groups in total. The summed E-state index contributed by atoms with van der Waals surface area (Å²) in [6.45, 7) is 2.09. The lowest BCUT2D eigenvalue weighted by atomic mass is 9.83. The summed E-state index contributed by atoms with van der Waals surface area (Å²) < 4.78 is 27.7. The van der Waals surface area contributed by atoms with Crippen molar-refractivity contribution in [3.63, 3.8) is 0 Å². The molecule has 0 radical (unpaired) electrons. The Kier molecular flexibility index (Phi) is 4.29. The molecule has 0 saturated heterocycles. The number of hydrogen-bond donors (Lipinski definition) is 1. The lowest BCUT2D eigenvalue weighted by molar-refractivity contribution is 0.270. The topological polar surface area (TPSA) is 46.2 Å². The fraction of sp³-hybridized carbons (Fsp3) is 0.455. The van der Waals surface area contributed by atoms with Crippen LogP contribution in [0.25, 0.3) is 0 Å². The molecule has 100 valence electrons. The Hall–Kier alpha value is 0.190. The van der Waals surface area contributed by atoms with Gasteiger partial charge in [0.05, 0.1) is 10.0 Å². The normalized spacial score (nSPS) is 23.8. The average Bonchev–Trinajstić information content (AvgIpc) is 2.11. The van der Waals surface area contributed by atoms with Crippen molar-refractivity contribution in [3.8, 4) is 0 Å². The van der Waals surface area contributed by atoms with Crippen LogP contribution in [0.3, 0.4) is 0 Å². The van der Waals surface area contributed by atoms with Gasteiger partial charge in [0.1, 0.15) is 4.90 Å². The van der Waals surface area contributed by atoms with Crippen LogP contribution in [0.4, 0.5) is 0 Å². The Labute approximate surface area is 125 Å². The van der Waals surface area contributed by atoms with E-state index in [1.807, 2.05) is 0 Å². The Morgan fingerprint density at radius 3 is 2.22 bits per heavy atom. The summed E-state index contributed by atoms with van der Waals surface area (Å²) in [5, 5.41) is 0.239. The number of rotatable bonds is 3. The molecular weight excluding hydrogens is 361 g/mol. The van der Waals surface area contributed by atoms with E-state index in [-0.39, 0.29) is 21.0 Å². The van der Waals surface area contributed by atoms with Crippen molar-refractivity contribution in [2.75, 3.05) is 0 Å². The number of benzene rings is 1. The summed E-state index contributed by atoms with van der Waals surface area (Å²) in [6, 6.07) is 3.03. The van der Waals surface area contributed by atoms with E-state index in [1.54, 1.807) is 0 Å². The Balaban J connectivity index is 2.30. The van der Waals surface area contributed by atoms with Gasteiger partial charge in [0.2, 0.25) is 10.0 Å². The molecule has 0 bridgehead atoms. The van der Waals surface area contributed by atoms with Gasteiger partial charge in [-0.1, -0.05) is 46.1 Å². The predicted molar refractivity (Wildman–Crippen MR) is 76.7 cm³/mol. The average molecular weight is 373 g/mol. The number of halogens is 3. The largest absolute Gasteiger partial charge is 0.243 e. The molecule has 1 aromatic carbocycles. The highest BCUT2D eigenvalue weighted by atomic mass is 79.9. The molecule has 1 aliphatic rings. The molecule has 0 atom stereocenters. The van der Waals surface area contributed by atoms with Crippen LogP contribution in [-0.4, -0.2) is 14.5 Å². The maximum atomic E-state index is 12.2. The molecule has 18 heavy (non-hydrogen) atoms. The minimum absolute atomic E-state index is 0.0132. The van der Waals surface area contributed by atoms with Crippen LogP contribution >= 0.6 is 39.1 Å². The van der Waals surface area contributed by atoms with Gasteiger partial charge >= 0.3 is 0 Å². The second-order valence-electron chi connectivity index (χ2n) is 4.59. The van der Waals surface area contributed by atoms with Crippen molar-refractivity contribution < 1.29 is 8.42 Å². The van der Waals surface area contributed by atoms with Crippen molar-refractivity contribution in [2.45, 2.75) is 30.7 Å². The lowest BCUT2D eigenvalue weighted by Gasteiger charge is -2.33. The summed E-state index contributed by atoms with van der Waals surface area (Å²) in [4.78, 5) is -0.0476. The van der Waals surface area contributed by atoms with Gasteiger partial charge in [-0.25, -0.2) is 13.1 Å². The lowest BCUT2D eigenvalue weighted by Crippen LogP contribution is -2.43. The summed E-state index contributed by atoms with van der Waals surface area (Å²) in [6.07, 6.45) is 1.70. The number of nitrogens with one attached hydrogen (secondary N) is 1. The summed E-state index contributed by atoms with van der Waals surface area (Å²) >= 11 is 15.1. The predicted octanol–water partition coefficient (Wildman–Crippen LogP) is 3.83. The maximum Gasteiger partial charge on any atom is 0.243 e. The molecule has 3 nitrogen and oxygen atoms in total. The highest BCUT2D eigenvalue weighted by Gasteiger charge is 2.31. The molecule has 1 fully saturated rings. The van der Waals surface area contributed by atoms with Gasteiger partial charge in [0.15, 0.2) is 0 Å². The van der Waals surface area contributed by atoms with Gasteiger partial charge in [-0.2, -0.15) is 0 Å². The number of sulfonamides is 1. The minimum atomic E-state index is -3.66. The Bertz CT molecular complexity index is 547. The fourth-order valence-electron chi connectivity index (χ4n) is 2.06. The van der Waals surface area contributed by atoms with Gasteiger partial charge in [-0.15, -0.1) is 0 Å². The van der Waals surface area contributed by atoms with Crippen molar-refractivity contribution in [1.82, 2.24) is 4.72 Å². The molecule has 1 aliphatic carbocycles. The second-order valence-corrected chi connectivity index (χ2v) is 7.97. The highest BCUT2D eigenvalue weighted by molar-refractivity contribution is 9.10. The van der Waals surface area contributed by atoms with E-state index in [0.29, 0.717) is 10.4 Å². The quantitative estimate of drug-likeness (QED) is 0.876. The molecule has 1 saturated carbocycles. The molecule has 0 amide bonds. The highest BCUT2D eigenvalue weighted by Crippen LogP contribution is 2.34. The third-order valence-corrected chi connectivity index (χ3v) is 5.83. The van der Waals surface area contributed by atoms with Crippen molar-refractivity contribution in [2.24, 2.45) is 5.92 Å². The van der Waals surface area contributed by atoms with E-state index in [2.05, 4.69) is 27.6 Å². The molecule has 0 unspecified atom stereocenters. The molecule has 0 aliphatic heterocycles. The van der Waals surface area contributed by atoms with Crippen LogP contribution < -0.4 is 4.72 Å². The number of hydrogen-bond acceptors (Lipinski definition) is 2. The van der Waals surface area contributed by atoms with E-state index >= 15 is 0 Å². The van der Waals surface area contributed by atoms with Gasteiger partial charge in [0.25, 0.3) is 0 Å². The first kappa shape index (κ1) is 14.6. The van der Waals surface area contributed by atoms with Crippen LogP contribution in [0.15, 0.2) is 21.5 Å². The van der Waals surface area contributed by atoms with Crippen molar-refractivity contribution in [3.05, 3.63) is 26.7 Å². The third-order valence-electron chi connectivity index (χ3n) is 2.93. The van der Waals surface area contributed by atoms with Gasteiger partial charge in [-0.3, -0.25) is 0 Å². The van der Waals surface area contributed by atoms with E-state index < -0.39 is 10.0 Å². The van der Waals surface area contributed by atoms with E-state index in [0.717, 1.165) is 12.8 Å². The monoisotopic (exact) mass is 371 g/mol. The van der Waals surface area contributed by atoms with Crippen molar-refractivity contribution in [1.29, 1.82) is 0 Å². The van der Waals surface area contributed by atoms with Gasteiger partial charge in [-0.05, 0) is 30.9 Å². The summed E-state index contributed by atoms with van der Waals surface area (Å²) in [7, 11) is -3.66. The third kappa shape index (κ3) is 3.02. The maximum absolute atomic E-state index is 12.2. The summed E-state index contributed by atoms with van der Waals surface area (Å²) in [5.41, 5.74) is 0. The molecule has 1 aromatic rings. The first-order chi connectivity index (χ1) is 8.29. The first-order valence-electron chi connectivity index (χ1n) is 5.46. The molecule has 0 aromatic heterocycles. The minimum Gasteiger partial charge on any atom is -0.208 e. The second kappa shape index (κ2) is 5.29. The SMILES string of the molecule is CC1CC(NS(=O)(=O)c2c(Cl)cc(Br)cc2Cl)C1. The van der Waals surface area contributed by atoms with E-state index in [4.69, 9.17) is 23.2 Å². The van der Waals surface area contributed by atoms with Crippen LogP contribution in [-0.2, 0) is 10.0 Å². The van der Waals surface area contributed by atoms with Crippen LogP contribution in [0.2, 0.25) is 10.0 Å².